The van der Waals surface area contributed by atoms with Crippen molar-refractivity contribution in [3.8, 4) is 0 Å². The predicted octanol–water partition coefficient (Wildman–Crippen LogP) is 2.41. The second-order valence-corrected chi connectivity index (χ2v) is 4.67. The highest BCUT2D eigenvalue weighted by molar-refractivity contribution is 5.22. The van der Waals surface area contributed by atoms with Gasteiger partial charge in [-0.25, -0.2) is 0 Å². The Hall–Kier alpha value is -0.600. The summed E-state index contributed by atoms with van der Waals surface area (Å²) in [4.78, 5) is 0. The van der Waals surface area contributed by atoms with Crippen molar-refractivity contribution in [2.24, 2.45) is 11.7 Å². The first-order valence-corrected chi connectivity index (χ1v) is 6.00. The molecule has 0 radical (unpaired) electrons. The van der Waals surface area contributed by atoms with Gasteiger partial charge in [0.05, 0.1) is 12.2 Å². The van der Waals surface area contributed by atoms with Crippen molar-refractivity contribution in [1.82, 2.24) is 0 Å². The Kier molecular flexibility index (Phi) is 3.60. The molecule has 0 spiro atoms. The zero-order valence-electron chi connectivity index (χ0n) is 9.49. The molecule has 84 valence electrons. The summed E-state index contributed by atoms with van der Waals surface area (Å²) < 4.78 is 6.00. The zero-order chi connectivity index (χ0) is 10.7. The van der Waals surface area contributed by atoms with E-state index in [0.29, 0.717) is 24.7 Å². The summed E-state index contributed by atoms with van der Waals surface area (Å²) in [6, 6.07) is 0. The molecule has 0 bridgehead atoms. The van der Waals surface area contributed by atoms with Crippen LogP contribution in [0.2, 0.25) is 0 Å². The van der Waals surface area contributed by atoms with Gasteiger partial charge in [-0.05, 0) is 32.6 Å². The van der Waals surface area contributed by atoms with Gasteiger partial charge in [0.25, 0.3) is 0 Å². The van der Waals surface area contributed by atoms with Crippen molar-refractivity contribution < 1.29 is 4.74 Å². The van der Waals surface area contributed by atoms with Crippen LogP contribution in [0.3, 0.4) is 0 Å². The average molecular weight is 207 g/mol. The number of nitrogens with two attached hydrogens (primary N) is 1. The van der Waals surface area contributed by atoms with Crippen LogP contribution in [0.25, 0.3) is 0 Å². The van der Waals surface area contributed by atoms with Gasteiger partial charge in [-0.1, -0.05) is 23.8 Å². The maximum absolute atomic E-state index is 6.00. The third kappa shape index (κ3) is 2.70. The van der Waals surface area contributed by atoms with Crippen LogP contribution in [0.5, 0.6) is 0 Å². The maximum atomic E-state index is 6.00. The summed E-state index contributed by atoms with van der Waals surface area (Å²) >= 11 is 0. The molecule has 2 rings (SSSR count). The fourth-order valence-electron chi connectivity index (χ4n) is 2.44. The molecule has 2 nitrogen and oxygen atoms in total. The second kappa shape index (κ2) is 4.95. The SMILES string of the molecule is CC1=CCC(C2CCCC(CN)O2)C=C1. The number of allylic oxidation sites excluding steroid dienone is 3. The number of hydrogen-bond donors (Lipinski definition) is 1. The molecule has 1 fully saturated rings. The largest absolute Gasteiger partial charge is 0.373 e. The Balaban J connectivity index is 1.91. The van der Waals surface area contributed by atoms with Gasteiger partial charge in [0.2, 0.25) is 0 Å². The first kappa shape index (κ1) is 10.9. The summed E-state index contributed by atoms with van der Waals surface area (Å²) in [5.41, 5.74) is 7.03. The van der Waals surface area contributed by atoms with Crippen molar-refractivity contribution in [2.75, 3.05) is 6.54 Å². The minimum atomic E-state index is 0.296. The van der Waals surface area contributed by atoms with Crippen molar-refractivity contribution in [1.29, 1.82) is 0 Å². The van der Waals surface area contributed by atoms with Gasteiger partial charge < -0.3 is 10.5 Å². The van der Waals surface area contributed by atoms with E-state index in [9.17, 15) is 0 Å². The van der Waals surface area contributed by atoms with Gasteiger partial charge in [-0.3, -0.25) is 0 Å². The summed E-state index contributed by atoms with van der Waals surface area (Å²) in [6.07, 6.45) is 12.2. The van der Waals surface area contributed by atoms with Crippen LogP contribution in [-0.4, -0.2) is 18.8 Å². The van der Waals surface area contributed by atoms with Crippen molar-refractivity contribution in [2.45, 2.75) is 44.8 Å². The van der Waals surface area contributed by atoms with E-state index >= 15 is 0 Å². The normalized spacial score (nSPS) is 36.4. The lowest BCUT2D eigenvalue weighted by Crippen LogP contribution is -2.36. The maximum Gasteiger partial charge on any atom is 0.0701 e. The van der Waals surface area contributed by atoms with Gasteiger partial charge >= 0.3 is 0 Å². The van der Waals surface area contributed by atoms with E-state index in [1.54, 1.807) is 0 Å². The highest BCUT2D eigenvalue weighted by Crippen LogP contribution is 2.29. The molecule has 0 aromatic heterocycles. The van der Waals surface area contributed by atoms with Crippen molar-refractivity contribution >= 4 is 0 Å². The molecule has 3 unspecified atom stereocenters. The average Bonchev–Trinajstić information content (AvgIpc) is 2.30. The molecular weight excluding hydrogens is 186 g/mol. The minimum absolute atomic E-state index is 0.296. The van der Waals surface area contributed by atoms with Crippen LogP contribution < -0.4 is 5.73 Å². The number of hydrogen-bond acceptors (Lipinski definition) is 2. The Bertz CT molecular complexity index is 270. The van der Waals surface area contributed by atoms with E-state index in [2.05, 4.69) is 25.2 Å². The molecule has 2 heteroatoms. The van der Waals surface area contributed by atoms with Crippen LogP contribution in [0.15, 0.2) is 23.8 Å². The van der Waals surface area contributed by atoms with Crippen molar-refractivity contribution in [3.63, 3.8) is 0 Å². The van der Waals surface area contributed by atoms with E-state index in [-0.39, 0.29) is 0 Å². The predicted molar refractivity (Wildman–Crippen MR) is 62.6 cm³/mol. The summed E-state index contributed by atoms with van der Waals surface area (Å²) in [7, 11) is 0. The van der Waals surface area contributed by atoms with E-state index < -0.39 is 0 Å². The van der Waals surface area contributed by atoms with Gasteiger partial charge in [0.1, 0.15) is 0 Å². The van der Waals surface area contributed by atoms with E-state index in [1.807, 2.05) is 0 Å². The zero-order valence-corrected chi connectivity index (χ0v) is 9.49. The Morgan fingerprint density at radius 2 is 2.33 bits per heavy atom. The number of rotatable bonds is 2. The molecule has 15 heavy (non-hydrogen) atoms. The molecule has 1 saturated heterocycles. The van der Waals surface area contributed by atoms with Crippen LogP contribution in [0, 0.1) is 5.92 Å². The fourth-order valence-corrected chi connectivity index (χ4v) is 2.44. The van der Waals surface area contributed by atoms with E-state index in [0.717, 1.165) is 12.8 Å². The molecule has 1 aliphatic carbocycles. The highest BCUT2D eigenvalue weighted by Gasteiger charge is 2.27. The van der Waals surface area contributed by atoms with Crippen LogP contribution in [0.4, 0.5) is 0 Å². The smallest absolute Gasteiger partial charge is 0.0701 e. The lowest BCUT2D eigenvalue weighted by atomic mass is 9.87. The van der Waals surface area contributed by atoms with E-state index in [4.69, 9.17) is 10.5 Å². The Morgan fingerprint density at radius 1 is 1.47 bits per heavy atom. The Morgan fingerprint density at radius 3 is 3.00 bits per heavy atom. The molecule has 3 atom stereocenters. The fraction of sp³-hybridized carbons (Fsp3) is 0.692. The van der Waals surface area contributed by atoms with Crippen molar-refractivity contribution in [3.05, 3.63) is 23.8 Å². The number of ether oxygens (including phenoxy) is 1. The highest BCUT2D eigenvalue weighted by atomic mass is 16.5. The summed E-state index contributed by atoms with van der Waals surface area (Å²) in [5, 5.41) is 0. The van der Waals surface area contributed by atoms with Gasteiger partial charge in [0, 0.05) is 12.5 Å². The quantitative estimate of drug-likeness (QED) is 0.754. The molecule has 1 aliphatic heterocycles. The molecule has 0 aromatic carbocycles. The minimum Gasteiger partial charge on any atom is -0.373 e. The van der Waals surface area contributed by atoms with Gasteiger partial charge in [-0.2, -0.15) is 0 Å². The lowest BCUT2D eigenvalue weighted by molar-refractivity contribution is -0.0633. The molecular formula is C13H21NO. The topological polar surface area (TPSA) is 35.2 Å². The van der Waals surface area contributed by atoms with Crippen LogP contribution in [-0.2, 0) is 4.74 Å². The molecule has 0 amide bonds. The molecule has 2 N–H and O–H groups in total. The first-order chi connectivity index (χ1) is 7.29. The lowest BCUT2D eigenvalue weighted by Gasteiger charge is -2.34. The second-order valence-electron chi connectivity index (χ2n) is 4.67. The molecule has 1 heterocycles. The standard InChI is InChI=1S/C13H21NO/c1-10-5-7-11(8-6-10)13-4-2-3-12(9-14)15-13/h5-7,11-13H,2-4,8-9,14H2,1H3. The third-order valence-electron chi connectivity index (χ3n) is 3.44. The monoisotopic (exact) mass is 207 g/mol. The summed E-state index contributed by atoms with van der Waals surface area (Å²) in [5.74, 6) is 0.572. The molecule has 2 aliphatic rings. The van der Waals surface area contributed by atoms with Gasteiger partial charge in [0.15, 0.2) is 0 Å². The summed E-state index contributed by atoms with van der Waals surface area (Å²) in [6.45, 7) is 2.82. The molecule has 0 saturated carbocycles. The first-order valence-electron chi connectivity index (χ1n) is 6.00. The van der Waals surface area contributed by atoms with E-state index in [1.165, 1.54) is 18.4 Å². The Labute approximate surface area is 92.2 Å². The van der Waals surface area contributed by atoms with Crippen LogP contribution in [0.1, 0.15) is 32.6 Å². The third-order valence-corrected chi connectivity index (χ3v) is 3.44. The molecule has 0 aromatic rings. The van der Waals surface area contributed by atoms with Crippen LogP contribution >= 0.6 is 0 Å². The van der Waals surface area contributed by atoms with Gasteiger partial charge in [-0.15, -0.1) is 0 Å².